The van der Waals surface area contributed by atoms with Gasteiger partial charge in [0, 0.05) is 31.5 Å². The lowest BCUT2D eigenvalue weighted by Gasteiger charge is -2.44. The van der Waals surface area contributed by atoms with Gasteiger partial charge in [-0.3, -0.25) is 14.5 Å². The zero-order chi connectivity index (χ0) is 25.6. The Hall–Kier alpha value is -3.56. The van der Waals surface area contributed by atoms with Crippen LogP contribution in [0, 0.1) is 11.2 Å². The van der Waals surface area contributed by atoms with Crippen LogP contribution in [0.2, 0.25) is 0 Å². The summed E-state index contributed by atoms with van der Waals surface area (Å²) in [5.41, 5.74) is 3.56. The van der Waals surface area contributed by atoms with Crippen LogP contribution >= 0.6 is 11.9 Å². The normalized spacial score (nSPS) is 19.4. The van der Waals surface area contributed by atoms with E-state index in [2.05, 4.69) is 45.6 Å². The van der Waals surface area contributed by atoms with E-state index >= 15 is 0 Å². The highest BCUT2D eigenvalue weighted by Gasteiger charge is 2.49. The molecule has 0 saturated carbocycles. The Bertz CT molecular complexity index is 1480. The topological polar surface area (TPSA) is 68.8 Å². The maximum absolute atomic E-state index is 14.1. The minimum absolute atomic E-state index is 0.0303. The quantitative estimate of drug-likeness (QED) is 0.253. The summed E-state index contributed by atoms with van der Waals surface area (Å²) in [7, 11) is 0. The Kier molecular flexibility index (Phi) is 6.04. The zero-order valence-corrected chi connectivity index (χ0v) is 21.5. The lowest BCUT2D eigenvalue weighted by molar-refractivity contribution is 0.0775. The highest BCUT2D eigenvalue weighted by Crippen LogP contribution is 2.48. The number of benzene rings is 1. The van der Waals surface area contributed by atoms with Crippen molar-refractivity contribution >= 4 is 23.8 Å². The van der Waals surface area contributed by atoms with Crippen molar-refractivity contribution in [3.05, 3.63) is 95.6 Å². The van der Waals surface area contributed by atoms with Crippen molar-refractivity contribution in [2.75, 3.05) is 13.1 Å². The summed E-state index contributed by atoms with van der Waals surface area (Å²) in [4.78, 5) is 19.6. The Morgan fingerprint density at radius 1 is 1.11 bits per heavy atom. The third-order valence-electron chi connectivity index (χ3n) is 7.13. The van der Waals surface area contributed by atoms with Crippen LogP contribution in [0.25, 0.3) is 11.8 Å². The number of carbonyl (C=O) groups excluding carboxylic acids is 1. The fourth-order valence-corrected chi connectivity index (χ4v) is 6.24. The fraction of sp³-hybridized carbons (Fsp3) is 0.286. The average molecular weight is 515 g/mol. The molecule has 9 heteroatoms. The molecule has 1 fully saturated rings. The molecule has 37 heavy (non-hydrogen) atoms. The van der Waals surface area contributed by atoms with Crippen molar-refractivity contribution in [3.8, 4) is 5.69 Å². The van der Waals surface area contributed by atoms with Crippen molar-refractivity contribution < 1.29 is 9.18 Å². The molecule has 4 aromatic rings. The largest absolute Gasteiger partial charge is 0.291 e. The molecule has 1 aliphatic heterocycles. The van der Waals surface area contributed by atoms with E-state index in [1.807, 2.05) is 33.9 Å². The van der Waals surface area contributed by atoms with Gasteiger partial charge in [-0.1, -0.05) is 11.6 Å². The van der Waals surface area contributed by atoms with Gasteiger partial charge in [-0.05, 0) is 86.7 Å². The van der Waals surface area contributed by atoms with Gasteiger partial charge in [0.05, 0.1) is 34.1 Å². The first-order chi connectivity index (χ1) is 17.9. The predicted octanol–water partition coefficient (Wildman–Crippen LogP) is 5.41. The third-order valence-corrected chi connectivity index (χ3v) is 8.12. The molecular weight excluding hydrogens is 487 g/mol. The summed E-state index contributed by atoms with van der Waals surface area (Å²) in [6, 6.07) is 12.1. The second-order valence-electron chi connectivity index (χ2n) is 9.87. The molecule has 7 nitrogen and oxygen atoms in total. The number of pyridine rings is 1. The van der Waals surface area contributed by atoms with Gasteiger partial charge < -0.3 is 0 Å². The molecule has 1 unspecified atom stereocenters. The molecule has 188 valence electrons. The summed E-state index contributed by atoms with van der Waals surface area (Å²) in [5, 5.41) is 9.09. The van der Waals surface area contributed by atoms with E-state index in [-0.39, 0.29) is 17.6 Å². The van der Waals surface area contributed by atoms with Crippen molar-refractivity contribution in [1.29, 1.82) is 0 Å². The standard InChI is InChI=1S/C28H27FN6OS/c1-19(2)34-17-24(16-31-34)37-33-12-10-21-13-26-20(15-32-35(26)23-8-6-22(29)7-9-23)14-28(21,18-33)27(36)25-5-3-4-11-30-25/h3-9,11,13,15-17,19H,10,12,14,18H2,1-2H3. The van der Waals surface area contributed by atoms with Gasteiger partial charge in [0.15, 0.2) is 5.78 Å². The van der Waals surface area contributed by atoms with Crippen LogP contribution < -0.4 is 0 Å². The molecule has 0 N–H and O–H groups in total. The first-order valence-corrected chi connectivity index (χ1v) is 13.2. The van der Waals surface area contributed by atoms with E-state index in [0.717, 1.165) is 40.4 Å². The van der Waals surface area contributed by atoms with Crippen molar-refractivity contribution in [2.24, 2.45) is 5.41 Å². The third kappa shape index (κ3) is 4.32. The van der Waals surface area contributed by atoms with Crippen molar-refractivity contribution in [3.63, 3.8) is 0 Å². The minimum atomic E-state index is -0.739. The number of rotatable bonds is 6. The Balaban J connectivity index is 1.37. The molecule has 2 aliphatic rings. The Morgan fingerprint density at radius 2 is 1.95 bits per heavy atom. The lowest BCUT2D eigenvalue weighted by Crippen LogP contribution is -2.49. The number of carbonyl (C=O) groups is 1. The number of Topliss-reactive ketones (excluding diaryl/α,β-unsaturated/α-hetero) is 1. The van der Waals surface area contributed by atoms with Gasteiger partial charge in [0.1, 0.15) is 11.5 Å². The molecule has 4 heterocycles. The van der Waals surface area contributed by atoms with Crippen molar-refractivity contribution in [2.45, 2.75) is 37.6 Å². The number of hydrogen-bond acceptors (Lipinski definition) is 6. The number of aromatic nitrogens is 5. The van der Waals surface area contributed by atoms with Crippen molar-refractivity contribution in [1.82, 2.24) is 28.9 Å². The first kappa shape index (κ1) is 23.8. The van der Waals surface area contributed by atoms with Crippen LogP contribution in [0.5, 0.6) is 0 Å². The van der Waals surface area contributed by atoms with E-state index in [4.69, 9.17) is 0 Å². The van der Waals surface area contributed by atoms with Crippen LogP contribution in [0.1, 0.15) is 48.1 Å². The molecule has 0 radical (unpaired) electrons. The Labute approximate surface area is 219 Å². The highest BCUT2D eigenvalue weighted by atomic mass is 32.2. The van der Waals surface area contributed by atoms with E-state index < -0.39 is 5.41 Å². The van der Waals surface area contributed by atoms with Crippen LogP contribution in [0.3, 0.4) is 0 Å². The number of ketones is 1. The summed E-state index contributed by atoms with van der Waals surface area (Å²) >= 11 is 1.65. The second-order valence-corrected chi connectivity index (χ2v) is 11.0. The smallest absolute Gasteiger partial charge is 0.192 e. The minimum Gasteiger partial charge on any atom is -0.291 e. The second kappa shape index (κ2) is 9.39. The van der Waals surface area contributed by atoms with E-state index in [9.17, 15) is 9.18 Å². The molecule has 1 aliphatic carbocycles. The molecule has 6 rings (SSSR count). The van der Waals surface area contributed by atoms with Gasteiger partial charge in [0.2, 0.25) is 0 Å². The number of nitrogens with zero attached hydrogens (tertiary/aromatic N) is 6. The van der Waals surface area contributed by atoms with Crippen LogP contribution in [0.4, 0.5) is 4.39 Å². The van der Waals surface area contributed by atoms with E-state index in [1.165, 1.54) is 12.1 Å². The molecule has 1 atom stereocenters. The molecular formula is C28H27FN6OS. The summed E-state index contributed by atoms with van der Waals surface area (Å²) < 4.78 is 19.6. The zero-order valence-electron chi connectivity index (χ0n) is 20.7. The van der Waals surface area contributed by atoms with Gasteiger partial charge in [0.25, 0.3) is 0 Å². The van der Waals surface area contributed by atoms with Gasteiger partial charge in [-0.15, -0.1) is 0 Å². The van der Waals surface area contributed by atoms with Crippen LogP contribution in [-0.4, -0.2) is 47.7 Å². The monoisotopic (exact) mass is 514 g/mol. The maximum Gasteiger partial charge on any atom is 0.192 e. The van der Waals surface area contributed by atoms with E-state index in [0.29, 0.717) is 18.7 Å². The highest BCUT2D eigenvalue weighted by molar-refractivity contribution is 7.97. The number of hydrogen-bond donors (Lipinski definition) is 0. The van der Waals surface area contributed by atoms with Gasteiger partial charge >= 0.3 is 0 Å². The summed E-state index contributed by atoms with van der Waals surface area (Å²) in [6.07, 6.45) is 10.8. The van der Waals surface area contributed by atoms with E-state index in [1.54, 1.807) is 36.3 Å². The first-order valence-electron chi connectivity index (χ1n) is 12.4. The molecule has 0 bridgehead atoms. The van der Waals surface area contributed by atoms with Gasteiger partial charge in [-0.25, -0.2) is 13.4 Å². The van der Waals surface area contributed by atoms with Crippen LogP contribution in [-0.2, 0) is 6.42 Å². The summed E-state index contributed by atoms with van der Waals surface area (Å²) in [6.45, 7) is 5.57. The number of piperidine rings is 1. The fourth-order valence-electron chi connectivity index (χ4n) is 5.22. The maximum atomic E-state index is 14.1. The Morgan fingerprint density at radius 3 is 2.68 bits per heavy atom. The SMILES string of the molecule is CC(C)n1cc(SN2CCC3=Cc4c(cnn4-c4ccc(F)cc4)CC3(C(=O)c3ccccn3)C2)cn1. The number of fused-ring (bicyclic) bond motifs is 2. The van der Waals surface area contributed by atoms with Crippen LogP contribution in [0.15, 0.2) is 77.7 Å². The molecule has 0 spiro atoms. The lowest BCUT2D eigenvalue weighted by atomic mass is 9.65. The van der Waals surface area contributed by atoms with Gasteiger partial charge in [-0.2, -0.15) is 10.2 Å². The predicted molar refractivity (Wildman–Crippen MR) is 141 cm³/mol. The molecule has 0 amide bonds. The molecule has 1 saturated heterocycles. The number of halogens is 1. The molecule has 1 aromatic carbocycles. The summed E-state index contributed by atoms with van der Waals surface area (Å²) in [5.74, 6) is -0.255. The average Bonchev–Trinajstić information content (AvgIpc) is 3.55. The molecule has 3 aromatic heterocycles.